The molecular weight excluding hydrogens is 438 g/mol. The third-order valence-corrected chi connectivity index (χ3v) is 7.09. The van der Waals surface area contributed by atoms with Crippen LogP contribution in [0.5, 0.6) is 0 Å². The zero-order chi connectivity index (χ0) is 21.0. The Balaban J connectivity index is 1.72. The SMILES string of the molecule is Cc1nn(-c2ccccc2)c2c1C(c1ccc(Br)cc1)C1C(=O)CC(C)(C)CC1N2. The van der Waals surface area contributed by atoms with E-state index in [0.717, 1.165) is 33.7 Å². The van der Waals surface area contributed by atoms with Crippen LogP contribution < -0.4 is 5.32 Å². The van der Waals surface area contributed by atoms with E-state index in [1.54, 1.807) is 0 Å². The molecule has 0 amide bonds. The van der Waals surface area contributed by atoms with Gasteiger partial charge in [-0.15, -0.1) is 0 Å². The van der Waals surface area contributed by atoms with Crippen molar-refractivity contribution in [3.63, 3.8) is 0 Å². The van der Waals surface area contributed by atoms with Gasteiger partial charge in [-0.1, -0.05) is 60.1 Å². The number of anilines is 1. The fourth-order valence-electron chi connectivity index (χ4n) is 5.37. The van der Waals surface area contributed by atoms with Gasteiger partial charge in [-0.25, -0.2) is 4.68 Å². The van der Waals surface area contributed by atoms with Gasteiger partial charge in [-0.2, -0.15) is 5.10 Å². The third kappa shape index (κ3) is 3.20. The van der Waals surface area contributed by atoms with Gasteiger partial charge < -0.3 is 5.32 Å². The molecule has 1 aliphatic carbocycles. The number of nitrogens with zero attached hydrogens (tertiary/aromatic N) is 2. The molecule has 1 aromatic heterocycles. The van der Waals surface area contributed by atoms with Crippen LogP contribution in [0.4, 0.5) is 5.82 Å². The molecule has 1 N–H and O–H groups in total. The maximum absolute atomic E-state index is 13.4. The molecule has 0 radical (unpaired) electrons. The molecular formula is C25H26BrN3O. The van der Waals surface area contributed by atoms with Crippen LogP contribution in [0.15, 0.2) is 59.1 Å². The molecule has 0 bridgehead atoms. The summed E-state index contributed by atoms with van der Waals surface area (Å²) in [6.45, 7) is 6.46. The molecule has 3 aromatic rings. The second-order valence-corrected chi connectivity index (χ2v) is 10.3. The molecule has 0 saturated heterocycles. The third-order valence-electron chi connectivity index (χ3n) is 6.56. The van der Waals surface area contributed by atoms with E-state index in [1.807, 2.05) is 22.9 Å². The van der Waals surface area contributed by atoms with Crippen molar-refractivity contribution in [2.75, 3.05) is 5.32 Å². The molecule has 5 rings (SSSR count). The van der Waals surface area contributed by atoms with Gasteiger partial charge in [-0.3, -0.25) is 4.79 Å². The standard InChI is InChI=1S/C25H26BrN3O/c1-15-21-22(16-9-11-17(26)12-10-16)23-19(13-25(2,3)14-20(23)30)27-24(21)29(28-15)18-7-5-4-6-8-18/h4-12,19,22-23,27H,13-14H2,1-3H3. The summed E-state index contributed by atoms with van der Waals surface area (Å²) in [5, 5.41) is 8.66. The van der Waals surface area contributed by atoms with E-state index in [4.69, 9.17) is 5.10 Å². The summed E-state index contributed by atoms with van der Waals surface area (Å²) in [6.07, 6.45) is 1.60. The molecule has 1 aliphatic heterocycles. The summed E-state index contributed by atoms with van der Waals surface area (Å²) >= 11 is 3.55. The van der Waals surface area contributed by atoms with Crippen LogP contribution >= 0.6 is 15.9 Å². The highest BCUT2D eigenvalue weighted by Crippen LogP contribution is 2.51. The van der Waals surface area contributed by atoms with Crippen molar-refractivity contribution in [1.29, 1.82) is 0 Å². The number of aromatic nitrogens is 2. The normalized spacial score (nSPS) is 24.7. The average molecular weight is 464 g/mol. The number of para-hydroxylation sites is 1. The number of fused-ring (bicyclic) bond motifs is 2. The highest BCUT2D eigenvalue weighted by molar-refractivity contribution is 9.10. The molecule has 154 valence electrons. The number of rotatable bonds is 2. The number of hydrogen-bond donors (Lipinski definition) is 1. The molecule has 0 spiro atoms. The fourth-order valence-corrected chi connectivity index (χ4v) is 5.64. The number of hydrogen-bond acceptors (Lipinski definition) is 3. The maximum atomic E-state index is 13.4. The Bertz CT molecular complexity index is 1100. The fraction of sp³-hybridized carbons (Fsp3) is 0.360. The first-order valence-electron chi connectivity index (χ1n) is 10.5. The van der Waals surface area contributed by atoms with Gasteiger partial charge in [0.2, 0.25) is 0 Å². The molecule has 2 heterocycles. The molecule has 3 unspecified atom stereocenters. The number of ketones is 1. The summed E-state index contributed by atoms with van der Waals surface area (Å²) < 4.78 is 3.06. The molecule has 5 heteroatoms. The lowest BCUT2D eigenvalue weighted by Gasteiger charge is -2.46. The largest absolute Gasteiger partial charge is 0.366 e. The number of aryl methyl sites for hydroxylation is 1. The van der Waals surface area contributed by atoms with Gasteiger partial charge in [-0.05, 0) is 48.6 Å². The molecule has 1 saturated carbocycles. The van der Waals surface area contributed by atoms with Gasteiger partial charge in [0.25, 0.3) is 0 Å². The van der Waals surface area contributed by atoms with Crippen LogP contribution in [-0.4, -0.2) is 21.6 Å². The van der Waals surface area contributed by atoms with Crippen LogP contribution in [0.3, 0.4) is 0 Å². The van der Waals surface area contributed by atoms with Gasteiger partial charge in [0.1, 0.15) is 11.6 Å². The van der Waals surface area contributed by atoms with Crippen LogP contribution in [0, 0.1) is 18.3 Å². The van der Waals surface area contributed by atoms with Crippen LogP contribution in [0.2, 0.25) is 0 Å². The Morgan fingerprint density at radius 2 is 1.80 bits per heavy atom. The summed E-state index contributed by atoms with van der Waals surface area (Å²) in [7, 11) is 0. The van der Waals surface area contributed by atoms with Crippen LogP contribution in [0.25, 0.3) is 5.69 Å². The van der Waals surface area contributed by atoms with E-state index in [2.05, 4.69) is 78.4 Å². The van der Waals surface area contributed by atoms with Gasteiger partial charge in [0.05, 0.1) is 11.4 Å². The van der Waals surface area contributed by atoms with E-state index < -0.39 is 0 Å². The van der Waals surface area contributed by atoms with Crippen molar-refractivity contribution in [1.82, 2.24) is 9.78 Å². The van der Waals surface area contributed by atoms with Crippen LogP contribution in [-0.2, 0) is 4.79 Å². The number of benzene rings is 2. The molecule has 4 nitrogen and oxygen atoms in total. The Morgan fingerprint density at radius 3 is 2.50 bits per heavy atom. The van der Waals surface area contributed by atoms with E-state index in [0.29, 0.717) is 12.2 Å². The van der Waals surface area contributed by atoms with E-state index in [-0.39, 0.29) is 23.3 Å². The highest BCUT2D eigenvalue weighted by Gasteiger charge is 2.49. The van der Waals surface area contributed by atoms with Crippen LogP contribution in [0.1, 0.15) is 49.4 Å². The Kier molecular flexibility index (Phi) is 4.62. The minimum absolute atomic E-state index is 0.000335. The topological polar surface area (TPSA) is 46.9 Å². The van der Waals surface area contributed by atoms with E-state index in [9.17, 15) is 4.79 Å². The second-order valence-electron chi connectivity index (χ2n) is 9.41. The summed E-state index contributed by atoms with van der Waals surface area (Å²) in [4.78, 5) is 13.4. The first-order chi connectivity index (χ1) is 14.3. The lowest BCUT2D eigenvalue weighted by molar-refractivity contribution is -0.128. The Hall–Kier alpha value is -2.40. The number of nitrogens with one attached hydrogen (secondary N) is 1. The number of halogens is 1. The number of carbonyl (C=O) groups excluding carboxylic acids is 1. The Morgan fingerprint density at radius 1 is 1.10 bits per heavy atom. The van der Waals surface area contributed by atoms with Crippen molar-refractivity contribution in [3.05, 3.63) is 75.9 Å². The minimum Gasteiger partial charge on any atom is -0.366 e. The first-order valence-corrected chi connectivity index (χ1v) is 11.3. The zero-order valence-corrected chi connectivity index (χ0v) is 19.1. The first kappa shape index (κ1) is 19.6. The average Bonchev–Trinajstić information content (AvgIpc) is 3.03. The summed E-state index contributed by atoms with van der Waals surface area (Å²) in [5.74, 6) is 1.33. The van der Waals surface area contributed by atoms with Crippen molar-refractivity contribution < 1.29 is 4.79 Å². The molecule has 30 heavy (non-hydrogen) atoms. The number of Topliss-reactive ketones (excluding diaryl/α,β-unsaturated/α-hetero) is 1. The maximum Gasteiger partial charge on any atom is 0.139 e. The van der Waals surface area contributed by atoms with Crippen molar-refractivity contribution >= 4 is 27.5 Å². The van der Waals surface area contributed by atoms with E-state index >= 15 is 0 Å². The highest BCUT2D eigenvalue weighted by atomic mass is 79.9. The summed E-state index contributed by atoms with van der Waals surface area (Å²) in [6, 6.07) is 18.8. The van der Waals surface area contributed by atoms with Gasteiger partial charge >= 0.3 is 0 Å². The van der Waals surface area contributed by atoms with Crippen molar-refractivity contribution in [2.45, 2.75) is 45.6 Å². The monoisotopic (exact) mass is 463 g/mol. The summed E-state index contributed by atoms with van der Waals surface area (Å²) in [5.41, 5.74) is 4.34. The Labute approximate surface area is 185 Å². The molecule has 3 atom stereocenters. The van der Waals surface area contributed by atoms with E-state index in [1.165, 1.54) is 5.56 Å². The zero-order valence-electron chi connectivity index (χ0n) is 17.5. The number of carbonyl (C=O) groups is 1. The lowest BCUT2D eigenvalue weighted by atomic mass is 9.62. The van der Waals surface area contributed by atoms with Gasteiger partial charge in [0.15, 0.2) is 0 Å². The van der Waals surface area contributed by atoms with Crippen molar-refractivity contribution in [3.8, 4) is 5.69 Å². The predicted octanol–water partition coefficient (Wildman–Crippen LogP) is 5.87. The second kappa shape index (κ2) is 7.09. The van der Waals surface area contributed by atoms with Crippen molar-refractivity contribution in [2.24, 2.45) is 11.3 Å². The lowest BCUT2D eigenvalue weighted by Crippen LogP contribution is -2.50. The predicted molar refractivity (Wildman–Crippen MR) is 123 cm³/mol. The smallest absolute Gasteiger partial charge is 0.139 e. The molecule has 2 aromatic carbocycles. The quantitative estimate of drug-likeness (QED) is 0.516. The molecule has 1 fully saturated rings. The minimum atomic E-state index is -0.0705. The van der Waals surface area contributed by atoms with Gasteiger partial charge in [0, 0.05) is 34.3 Å². The molecule has 2 aliphatic rings.